The van der Waals surface area contributed by atoms with Crippen LogP contribution >= 0.6 is 0 Å². The second-order valence-electron chi connectivity index (χ2n) is 5.53. The van der Waals surface area contributed by atoms with Crippen molar-refractivity contribution >= 4 is 22.6 Å². The molecule has 0 spiro atoms. The standard InChI is InChI=1S/C18H19NO2/c1-2-3-4-7-12-19-17(20)15-11-10-13-8-5-6-9-14(13)16(15)18(19)21/h5-6,8-11H,2-4,7,12H2,1H3. The highest BCUT2D eigenvalue weighted by molar-refractivity contribution is 6.26. The van der Waals surface area contributed by atoms with Crippen molar-refractivity contribution < 1.29 is 9.59 Å². The fourth-order valence-electron chi connectivity index (χ4n) is 2.95. The predicted octanol–water partition coefficient (Wildman–Crippen LogP) is 4.02. The van der Waals surface area contributed by atoms with Gasteiger partial charge in [0.25, 0.3) is 11.8 Å². The van der Waals surface area contributed by atoms with Crippen LogP contribution in [0.1, 0.15) is 53.3 Å². The van der Waals surface area contributed by atoms with E-state index < -0.39 is 0 Å². The number of hydrogen-bond donors (Lipinski definition) is 0. The van der Waals surface area contributed by atoms with E-state index in [4.69, 9.17) is 0 Å². The lowest BCUT2D eigenvalue weighted by Crippen LogP contribution is -2.30. The molecule has 1 aliphatic heterocycles. The molecule has 1 heterocycles. The zero-order valence-electron chi connectivity index (χ0n) is 12.3. The van der Waals surface area contributed by atoms with Crippen molar-refractivity contribution in [3.8, 4) is 0 Å². The second kappa shape index (κ2) is 5.68. The number of amides is 2. The van der Waals surface area contributed by atoms with E-state index in [-0.39, 0.29) is 11.8 Å². The van der Waals surface area contributed by atoms with Crippen LogP contribution in [-0.2, 0) is 0 Å². The molecule has 0 aliphatic carbocycles. The van der Waals surface area contributed by atoms with Gasteiger partial charge in [0.15, 0.2) is 0 Å². The van der Waals surface area contributed by atoms with Crippen LogP contribution < -0.4 is 0 Å². The molecule has 0 aromatic heterocycles. The van der Waals surface area contributed by atoms with Gasteiger partial charge in [-0.3, -0.25) is 14.5 Å². The number of benzene rings is 2. The van der Waals surface area contributed by atoms with Gasteiger partial charge in [0.1, 0.15) is 0 Å². The summed E-state index contributed by atoms with van der Waals surface area (Å²) in [6.07, 6.45) is 4.24. The number of imide groups is 1. The lowest BCUT2D eigenvalue weighted by molar-refractivity contribution is 0.0652. The molecule has 2 amide bonds. The quantitative estimate of drug-likeness (QED) is 0.613. The van der Waals surface area contributed by atoms with Gasteiger partial charge in [0.05, 0.1) is 11.1 Å². The van der Waals surface area contributed by atoms with Crippen LogP contribution in [0.25, 0.3) is 10.8 Å². The van der Waals surface area contributed by atoms with Crippen LogP contribution in [0.5, 0.6) is 0 Å². The summed E-state index contributed by atoms with van der Waals surface area (Å²) in [5.74, 6) is -0.277. The first-order valence-corrected chi connectivity index (χ1v) is 7.62. The molecule has 0 atom stereocenters. The van der Waals surface area contributed by atoms with Crippen molar-refractivity contribution in [2.24, 2.45) is 0 Å². The molecule has 2 aromatic carbocycles. The van der Waals surface area contributed by atoms with Gasteiger partial charge in [-0.1, -0.05) is 56.5 Å². The number of unbranched alkanes of at least 4 members (excludes halogenated alkanes) is 3. The molecule has 0 radical (unpaired) electrons. The Balaban J connectivity index is 1.91. The fraction of sp³-hybridized carbons (Fsp3) is 0.333. The van der Waals surface area contributed by atoms with Crippen LogP contribution in [0.15, 0.2) is 36.4 Å². The largest absolute Gasteiger partial charge is 0.274 e. The van der Waals surface area contributed by atoms with Gasteiger partial charge in [0, 0.05) is 6.54 Å². The van der Waals surface area contributed by atoms with E-state index >= 15 is 0 Å². The van der Waals surface area contributed by atoms with Crippen LogP contribution in [0.2, 0.25) is 0 Å². The molecule has 0 saturated carbocycles. The summed E-state index contributed by atoms with van der Waals surface area (Å²) in [5, 5.41) is 1.88. The Morgan fingerprint density at radius 1 is 0.905 bits per heavy atom. The zero-order chi connectivity index (χ0) is 14.8. The Kier molecular flexibility index (Phi) is 3.74. The average molecular weight is 281 g/mol. The van der Waals surface area contributed by atoms with Gasteiger partial charge in [-0.15, -0.1) is 0 Å². The van der Waals surface area contributed by atoms with Crippen molar-refractivity contribution in [3.63, 3.8) is 0 Å². The second-order valence-corrected chi connectivity index (χ2v) is 5.53. The van der Waals surface area contributed by atoms with Gasteiger partial charge in [-0.25, -0.2) is 0 Å². The number of nitrogens with zero attached hydrogens (tertiary/aromatic N) is 1. The molecule has 3 heteroatoms. The minimum Gasteiger partial charge on any atom is -0.274 e. The third-order valence-corrected chi connectivity index (χ3v) is 4.10. The smallest absolute Gasteiger partial charge is 0.262 e. The molecular weight excluding hydrogens is 262 g/mol. The van der Waals surface area contributed by atoms with Crippen molar-refractivity contribution in [2.45, 2.75) is 32.6 Å². The molecule has 3 nitrogen and oxygen atoms in total. The van der Waals surface area contributed by atoms with E-state index in [9.17, 15) is 9.59 Å². The maximum Gasteiger partial charge on any atom is 0.262 e. The van der Waals surface area contributed by atoms with Crippen molar-refractivity contribution in [3.05, 3.63) is 47.5 Å². The first-order chi connectivity index (χ1) is 10.2. The third kappa shape index (κ3) is 2.33. The highest BCUT2D eigenvalue weighted by Gasteiger charge is 2.36. The molecule has 0 saturated heterocycles. The van der Waals surface area contributed by atoms with Crippen molar-refractivity contribution in [2.75, 3.05) is 6.54 Å². The maximum atomic E-state index is 12.6. The zero-order valence-corrected chi connectivity index (χ0v) is 12.3. The molecule has 0 N–H and O–H groups in total. The number of carbonyl (C=O) groups excluding carboxylic acids is 2. The minimum absolute atomic E-state index is 0.136. The van der Waals surface area contributed by atoms with E-state index in [1.807, 2.05) is 30.3 Å². The van der Waals surface area contributed by atoms with E-state index in [2.05, 4.69) is 6.92 Å². The summed E-state index contributed by atoms with van der Waals surface area (Å²) in [4.78, 5) is 26.4. The van der Waals surface area contributed by atoms with Crippen molar-refractivity contribution in [1.29, 1.82) is 0 Å². The summed E-state index contributed by atoms with van der Waals surface area (Å²) < 4.78 is 0. The molecule has 3 rings (SSSR count). The highest BCUT2D eigenvalue weighted by atomic mass is 16.2. The summed E-state index contributed by atoms with van der Waals surface area (Å²) in [7, 11) is 0. The lowest BCUT2D eigenvalue weighted by atomic mass is 10.0. The SMILES string of the molecule is CCCCCCN1C(=O)c2ccc3ccccc3c2C1=O. The molecule has 1 aliphatic rings. The highest BCUT2D eigenvalue weighted by Crippen LogP contribution is 2.30. The first kappa shape index (κ1) is 13.8. The van der Waals surface area contributed by atoms with Gasteiger partial charge in [-0.05, 0) is 23.3 Å². The van der Waals surface area contributed by atoms with Crippen LogP contribution in [0.3, 0.4) is 0 Å². The number of fused-ring (bicyclic) bond motifs is 3. The summed E-state index contributed by atoms with van der Waals surface area (Å²) >= 11 is 0. The molecule has 0 bridgehead atoms. The minimum atomic E-state index is -0.141. The van der Waals surface area contributed by atoms with Crippen LogP contribution in [0.4, 0.5) is 0 Å². The number of carbonyl (C=O) groups is 2. The predicted molar refractivity (Wildman–Crippen MR) is 83.5 cm³/mol. The molecule has 0 unspecified atom stereocenters. The Hall–Kier alpha value is -2.16. The van der Waals surface area contributed by atoms with Gasteiger partial charge in [0.2, 0.25) is 0 Å². The van der Waals surface area contributed by atoms with Crippen molar-refractivity contribution in [1.82, 2.24) is 4.90 Å². The molecule has 2 aromatic rings. The molecule has 21 heavy (non-hydrogen) atoms. The average Bonchev–Trinajstić information content (AvgIpc) is 2.76. The third-order valence-electron chi connectivity index (χ3n) is 4.10. The summed E-state index contributed by atoms with van der Waals surface area (Å²) in [6, 6.07) is 11.4. The Labute approximate surface area is 124 Å². The van der Waals surface area contributed by atoms with E-state index in [0.717, 1.165) is 36.5 Å². The van der Waals surface area contributed by atoms with E-state index in [0.29, 0.717) is 17.7 Å². The van der Waals surface area contributed by atoms with E-state index in [1.54, 1.807) is 6.07 Å². The summed E-state index contributed by atoms with van der Waals surface area (Å²) in [6.45, 7) is 2.68. The Bertz CT molecular complexity index is 705. The van der Waals surface area contributed by atoms with Crippen LogP contribution in [0, 0.1) is 0 Å². The van der Waals surface area contributed by atoms with Crippen LogP contribution in [-0.4, -0.2) is 23.3 Å². The fourth-order valence-corrected chi connectivity index (χ4v) is 2.95. The van der Waals surface area contributed by atoms with Gasteiger partial charge >= 0.3 is 0 Å². The molecule has 0 fully saturated rings. The number of rotatable bonds is 5. The molecule has 108 valence electrons. The van der Waals surface area contributed by atoms with Gasteiger partial charge in [-0.2, -0.15) is 0 Å². The number of hydrogen-bond acceptors (Lipinski definition) is 2. The Morgan fingerprint density at radius 3 is 2.52 bits per heavy atom. The normalized spacial score (nSPS) is 14.0. The first-order valence-electron chi connectivity index (χ1n) is 7.62. The lowest BCUT2D eigenvalue weighted by Gasteiger charge is -2.13. The maximum absolute atomic E-state index is 12.6. The Morgan fingerprint density at radius 2 is 1.71 bits per heavy atom. The van der Waals surface area contributed by atoms with Gasteiger partial charge < -0.3 is 0 Å². The topological polar surface area (TPSA) is 37.4 Å². The molecular formula is C18H19NO2. The van der Waals surface area contributed by atoms with E-state index in [1.165, 1.54) is 4.90 Å². The summed E-state index contributed by atoms with van der Waals surface area (Å²) in [5.41, 5.74) is 1.13. The monoisotopic (exact) mass is 281 g/mol.